The predicted octanol–water partition coefficient (Wildman–Crippen LogP) is 13.1. The van der Waals surface area contributed by atoms with Crippen LogP contribution in [0.1, 0.15) is 226 Å². The number of nitrogens with zero attached hydrogens (tertiary/aromatic N) is 1. The number of quaternary nitrogens is 1. The summed E-state index contributed by atoms with van der Waals surface area (Å²) < 4.78 is 34.0. The van der Waals surface area contributed by atoms with Crippen LogP contribution in [0, 0.1) is 0 Å². The van der Waals surface area contributed by atoms with Gasteiger partial charge in [-0.15, -0.1) is 0 Å². The summed E-state index contributed by atoms with van der Waals surface area (Å²) in [6, 6.07) is 0. The van der Waals surface area contributed by atoms with E-state index >= 15 is 0 Å². The van der Waals surface area contributed by atoms with E-state index < -0.39 is 26.5 Å². The van der Waals surface area contributed by atoms with Gasteiger partial charge in [0.05, 0.1) is 27.7 Å². The maximum atomic E-state index is 12.7. The van der Waals surface area contributed by atoms with Crippen LogP contribution in [-0.2, 0) is 32.7 Å². The lowest BCUT2D eigenvalue weighted by Gasteiger charge is -2.28. The molecule has 0 amide bonds. The third-order valence-electron chi connectivity index (χ3n) is 10.5. The molecular formula is C47H92NO8P. The highest BCUT2D eigenvalue weighted by atomic mass is 31.2. The molecule has 0 aromatic rings. The Balaban J connectivity index is 4.28. The number of allylic oxidation sites excluding steroid dienone is 2. The van der Waals surface area contributed by atoms with Crippen LogP contribution in [0.2, 0.25) is 0 Å². The van der Waals surface area contributed by atoms with Crippen molar-refractivity contribution in [2.75, 3.05) is 47.5 Å². The van der Waals surface area contributed by atoms with Crippen molar-refractivity contribution >= 4 is 19.8 Å². The minimum atomic E-state index is -4.62. The van der Waals surface area contributed by atoms with Crippen LogP contribution in [0.4, 0.5) is 0 Å². The number of hydrogen-bond donors (Lipinski definition) is 0. The fourth-order valence-corrected chi connectivity index (χ4v) is 7.50. The van der Waals surface area contributed by atoms with Gasteiger partial charge >= 0.3 is 11.9 Å². The maximum absolute atomic E-state index is 12.7. The molecule has 0 bridgehead atoms. The summed E-state index contributed by atoms with van der Waals surface area (Å²) in [5.41, 5.74) is 0. The number of unbranched alkanes of at least 4 members (excludes halogenated alkanes) is 28. The van der Waals surface area contributed by atoms with Crippen LogP contribution in [0.5, 0.6) is 0 Å². The molecule has 0 fully saturated rings. The number of ether oxygens (including phenoxy) is 2. The first kappa shape index (κ1) is 55.8. The minimum absolute atomic E-state index is 0.0287. The molecule has 0 aromatic carbocycles. The molecule has 0 N–H and O–H groups in total. The van der Waals surface area contributed by atoms with Crippen molar-refractivity contribution in [3.8, 4) is 0 Å². The molecule has 0 saturated heterocycles. The zero-order chi connectivity index (χ0) is 42.1. The zero-order valence-electron chi connectivity index (χ0n) is 38.1. The van der Waals surface area contributed by atoms with Gasteiger partial charge in [0, 0.05) is 12.8 Å². The fraction of sp³-hybridized carbons (Fsp3) is 0.915. The van der Waals surface area contributed by atoms with Crippen molar-refractivity contribution in [1.29, 1.82) is 0 Å². The molecule has 0 aromatic heterocycles. The Hall–Kier alpha value is -1.25. The Bertz CT molecular complexity index is 985. The van der Waals surface area contributed by atoms with Crippen molar-refractivity contribution in [2.45, 2.75) is 232 Å². The lowest BCUT2D eigenvalue weighted by atomic mass is 10.0. The van der Waals surface area contributed by atoms with Crippen molar-refractivity contribution < 1.29 is 42.1 Å². The summed E-state index contributed by atoms with van der Waals surface area (Å²) in [6.45, 7) is 4.25. The first-order valence-electron chi connectivity index (χ1n) is 23.9. The quantitative estimate of drug-likeness (QED) is 0.0196. The molecule has 0 aliphatic heterocycles. The van der Waals surface area contributed by atoms with Crippen LogP contribution in [0.15, 0.2) is 12.2 Å². The summed E-state index contributed by atoms with van der Waals surface area (Å²) in [7, 11) is 1.17. The normalized spacial score (nSPS) is 13.6. The third-order valence-corrected chi connectivity index (χ3v) is 11.5. The number of hydrogen-bond acceptors (Lipinski definition) is 8. The smallest absolute Gasteiger partial charge is 0.306 e. The van der Waals surface area contributed by atoms with E-state index in [9.17, 15) is 19.0 Å². The Morgan fingerprint density at radius 2 is 0.895 bits per heavy atom. The number of carbonyl (C=O) groups is 2. The molecule has 338 valence electrons. The van der Waals surface area contributed by atoms with Gasteiger partial charge in [0.15, 0.2) is 6.10 Å². The second-order valence-electron chi connectivity index (χ2n) is 17.5. The summed E-state index contributed by atoms with van der Waals surface area (Å²) in [6.07, 6.45) is 42.3. The highest BCUT2D eigenvalue weighted by molar-refractivity contribution is 7.45. The molecule has 57 heavy (non-hydrogen) atoms. The van der Waals surface area contributed by atoms with E-state index in [2.05, 4.69) is 26.0 Å². The number of rotatable bonds is 44. The van der Waals surface area contributed by atoms with Gasteiger partial charge in [-0.05, 0) is 38.5 Å². The molecular weight excluding hydrogens is 737 g/mol. The van der Waals surface area contributed by atoms with Crippen LogP contribution < -0.4 is 4.89 Å². The molecule has 0 aliphatic carbocycles. The van der Waals surface area contributed by atoms with Crippen molar-refractivity contribution in [2.24, 2.45) is 0 Å². The molecule has 10 heteroatoms. The number of likely N-dealkylation sites (N-methyl/N-ethyl adjacent to an activating group) is 1. The van der Waals surface area contributed by atoms with E-state index in [4.69, 9.17) is 18.5 Å². The zero-order valence-corrected chi connectivity index (χ0v) is 38.9. The molecule has 0 saturated carbocycles. The number of phosphoric ester groups is 1. The van der Waals surface area contributed by atoms with Gasteiger partial charge in [0.25, 0.3) is 7.82 Å². The van der Waals surface area contributed by atoms with Gasteiger partial charge in [-0.1, -0.05) is 187 Å². The number of carbonyl (C=O) groups excluding carboxylic acids is 2. The topological polar surface area (TPSA) is 111 Å². The van der Waals surface area contributed by atoms with Crippen LogP contribution in [-0.4, -0.2) is 70.0 Å². The van der Waals surface area contributed by atoms with Gasteiger partial charge in [0.1, 0.15) is 19.8 Å². The van der Waals surface area contributed by atoms with Crippen LogP contribution >= 0.6 is 7.82 Å². The van der Waals surface area contributed by atoms with E-state index in [-0.39, 0.29) is 32.0 Å². The molecule has 0 spiro atoms. The first-order valence-corrected chi connectivity index (χ1v) is 25.4. The molecule has 0 radical (unpaired) electrons. The van der Waals surface area contributed by atoms with Crippen LogP contribution in [0.3, 0.4) is 0 Å². The minimum Gasteiger partial charge on any atom is -0.756 e. The largest absolute Gasteiger partial charge is 0.756 e. The Kier molecular flexibility index (Phi) is 39.3. The fourth-order valence-electron chi connectivity index (χ4n) is 6.77. The molecule has 0 rings (SSSR count). The summed E-state index contributed by atoms with van der Waals surface area (Å²) in [4.78, 5) is 37.6. The first-order chi connectivity index (χ1) is 27.5. The molecule has 0 heterocycles. The monoisotopic (exact) mass is 830 g/mol. The van der Waals surface area contributed by atoms with E-state index in [0.29, 0.717) is 17.4 Å². The number of phosphoric acid groups is 1. The second kappa shape index (κ2) is 40.2. The van der Waals surface area contributed by atoms with Crippen molar-refractivity contribution in [3.05, 3.63) is 12.2 Å². The Morgan fingerprint density at radius 3 is 1.30 bits per heavy atom. The average Bonchev–Trinajstić information content (AvgIpc) is 3.16. The summed E-state index contributed by atoms with van der Waals surface area (Å²) in [5, 5.41) is 0. The average molecular weight is 830 g/mol. The summed E-state index contributed by atoms with van der Waals surface area (Å²) in [5.74, 6) is -0.832. The SMILES string of the molecule is CCCCCCCC/C=C\CCCCCCCC(=O)OC[C@H](COP(=O)([O-])OCC[N+](C)(C)C)OC(=O)CCCCCCCCCCCCCCCCCCCC. The van der Waals surface area contributed by atoms with Gasteiger partial charge < -0.3 is 27.9 Å². The standard InChI is InChI=1S/C47H92NO8P/c1-6-8-10-12-14-16-18-20-22-23-24-26-28-30-32-34-36-38-40-47(50)56-45(44-55-57(51,52)54-42-41-48(3,4)5)43-53-46(49)39-37-35-33-31-29-27-25-21-19-17-15-13-11-9-7-2/h21,25,45H,6-20,22-24,26-44H2,1-5H3/b25-21-/t45-/m1/s1. The van der Waals surface area contributed by atoms with E-state index in [0.717, 1.165) is 51.4 Å². The molecule has 0 aliphatic rings. The summed E-state index contributed by atoms with van der Waals surface area (Å²) >= 11 is 0. The van der Waals surface area contributed by atoms with Crippen LogP contribution in [0.25, 0.3) is 0 Å². The molecule has 1 unspecified atom stereocenters. The Morgan fingerprint density at radius 1 is 0.526 bits per heavy atom. The van der Waals surface area contributed by atoms with Gasteiger partial charge in [-0.2, -0.15) is 0 Å². The predicted molar refractivity (Wildman–Crippen MR) is 236 cm³/mol. The number of esters is 2. The lowest BCUT2D eigenvalue weighted by Crippen LogP contribution is -2.37. The second-order valence-corrected chi connectivity index (χ2v) is 18.9. The van der Waals surface area contributed by atoms with E-state index in [1.54, 1.807) is 0 Å². The van der Waals surface area contributed by atoms with Crippen molar-refractivity contribution in [3.63, 3.8) is 0 Å². The Labute approximate surface area is 352 Å². The highest BCUT2D eigenvalue weighted by Crippen LogP contribution is 2.38. The maximum Gasteiger partial charge on any atom is 0.306 e. The van der Waals surface area contributed by atoms with E-state index in [1.165, 1.54) is 141 Å². The van der Waals surface area contributed by atoms with Crippen molar-refractivity contribution in [1.82, 2.24) is 0 Å². The lowest BCUT2D eigenvalue weighted by molar-refractivity contribution is -0.870. The van der Waals surface area contributed by atoms with Gasteiger partial charge in [-0.3, -0.25) is 14.2 Å². The highest BCUT2D eigenvalue weighted by Gasteiger charge is 2.21. The van der Waals surface area contributed by atoms with Gasteiger partial charge in [0.2, 0.25) is 0 Å². The van der Waals surface area contributed by atoms with E-state index in [1.807, 2.05) is 21.1 Å². The molecule has 9 nitrogen and oxygen atoms in total. The third kappa shape index (κ3) is 44.1. The van der Waals surface area contributed by atoms with Gasteiger partial charge in [-0.25, -0.2) is 0 Å². The molecule has 2 atom stereocenters.